The van der Waals surface area contributed by atoms with Crippen LogP contribution in [0, 0.1) is 11.3 Å². The second-order valence-electron chi connectivity index (χ2n) is 3.16. The number of ether oxygens (including phenoxy) is 1. The molecule has 0 saturated carbocycles. The van der Waals surface area contributed by atoms with Gasteiger partial charge in [-0.1, -0.05) is 18.5 Å². The van der Waals surface area contributed by atoms with Crippen LogP contribution in [-0.2, 0) is 4.74 Å². The van der Waals surface area contributed by atoms with Gasteiger partial charge in [-0.05, 0) is 24.6 Å². The van der Waals surface area contributed by atoms with Gasteiger partial charge in [0.25, 0.3) is 0 Å². The molecule has 0 radical (unpaired) electrons. The summed E-state index contributed by atoms with van der Waals surface area (Å²) in [6.45, 7) is 1.75. The number of hydrogen-bond acceptors (Lipinski definition) is 4. The smallest absolute Gasteiger partial charge is 0.341 e. The van der Waals surface area contributed by atoms with Crippen molar-refractivity contribution in [2.45, 2.75) is 19.4 Å². The molecule has 0 spiro atoms. The average Bonchev–Trinajstić information content (AvgIpc) is 2.28. The van der Waals surface area contributed by atoms with Crippen LogP contribution in [0.2, 0.25) is 5.02 Å². The van der Waals surface area contributed by atoms with Crippen molar-refractivity contribution < 1.29 is 9.53 Å². The first-order valence-corrected chi connectivity index (χ1v) is 5.12. The number of nitrogens with two attached hydrogens (primary N) is 1. The highest BCUT2D eigenvalue weighted by molar-refractivity contribution is 6.31. The second-order valence-corrected chi connectivity index (χ2v) is 3.60. The number of nitrogens with zero attached hydrogens (tertiary/aromatic N) is 1. The van der Waals surface area contributed by atoms with Crippen molar-refractivity contribution >= 4 is 23.3 Å². The van der Waals surface area contributed by atoms with Gasteiger partial charge in [0.2, 0.25) is 0 Å². The first-order valence-electron chi connectivity index (χ1n) is 4.74. The lowest BCUT2D eigenvalue weighted by atomic mass is 10.2. The third-order valence-electron chi connectivity index (χ3n) is 2.00. The maximum Gasteiger partial charge on any atom is 0.341 e. The maximum atomic E-state index is 11.6. The zero-order chi connectivity index (χ0) is 12.1. The van der Waals surface area contributed by atoms with Crippen LogP contribution in [0.25, 0.3) is 0 Å². The van der Waals surface area contributed by atoms with E-state index in [1.54, 1.807) is 13.0 Å². The number of hydrogen-bond donors (Lipinski definition) is 1. The standard InChI is InChI=1S/C11H11ClN2O2/c1-2-8(6-13)16-11(15)9-5-7(12)3-4-10(9)14/h3-5,8H,2,14H2,1H3. The molecule has 1 rings (SSSR count). The average molecular weight is 239 g/mol. The molecule has 0 heterocycles. The second kappa shape index (κ2) is 5.38. The van der Waals surface area contributed by atoms with E-state index in [0.29, 0.717) is 11.4 Å². The monoisotopic (exact) mass is 238 g/mol. The summed E-state index contributed by atoms with van der Waals surface area (Å²) in [5.41, 5.74) is 6.07. The summed E-state index contributed by atoms with van der Waals surface area (Å²) in [6.07, 6.45) is -0.325. The van der Waals surface area contributed by atoms with Crippen LogP contribution in [0.15, 0.2) is 18.2 Å². The van der Waals surface area contributed by atoms with Crippen LogP contribution in [-0.4, -0.2) is 12.1 Å². The van der Waals surface area contributed by atoms with E-state index in [1.165, 1.54) is 12.1 Å². The molecule has 1 unspecified atom stereocenters. The van der Waals surface area contributed by atoms with E-state index < -0.39 is 12.1 Å². The van der Waals surface area contributed by atoms with Gasteiger partial charge in [-0.3, -0.25) is 0 Å². The van der Waals surface area contributed by atoms with E-state index >= 15 is 0 Å². The largest absolute Gasteiger partial charge is 0.443 e. The fraction of sp³-hybridized carbons (Fsp3) is 0.273. The number of benzene rings is 1. The highest BCUT2D eigenvalue weighted by Crippen LogP contribution is 2.19. The van der Waals surface area contributed by atoms with Gasteiger partial charge >= 0.3 is 5.97 Å². The van der Waals surface area contributed by atoms with E-state index in [4.69, 9.17) is 27.3 Å². The number of carbonyl (C=O) groups excluding carboxylic acids is 1. The van der Waals surface area contributed by atoms with E-state index in [1.807, 2.05) is 6.07 Å². The Morgan fingerprint density at radius 1 is 1.69 bits per heavy atom. The number of nitrogen functional groups attached to an aromatic ring is 1. The molecule has 2 N–H and O–H groups in total. The van der Waals surface area contributed by atoms with Gasteiger partial charge < -0.3 is 10.5 Å². The van der Waals surface area contributed by atoms with Gasteiger partial charge in [-0.2, -0.15) is 5.26 Å². The molecule has 5 heteroatoms. The Morgan fingerprint density at radius 2 is 2.38 bits per heavy atom. The Labute approximate surface area is 98.6 Å². The number of halogens is 1. The molecule has 0 fully saturated rings. The molecular formula is C11H11ClN2O2. The predicted octanol–water partition coefficient (Wildman–Crippen LogP) is 2.38. The molecule has 0 aliphatic rings. The minimum absolute atomic E-state index is 0.182. The third-order valence-corrected chi connectivity index (χ3v) is 2.23. The van der Waals surface area contributed by atoms with E-state index in [0.717, 1.165) is 0 Å². The topological polar surface area (TPSA) is 76.1 Å². The lowest BCUT2D eigenvalue weighted by molar-refractivity contribution is 0.0402. The molecular weight excluding hydrogens is 228 g/mol. The summed E-state index contributed by atoms with van der Waals surface area (Å²) in [6, 6.07) is 6.39. The summed E-state index contributed by atoms with van der Waals surface area (Å²) in [4.78, 5) is 11.6. The molecule has 4 nitrogen and oxygen atoms in total. The van der Waals surface area contributed by atoms with Gasteiger partial charge in [0.15, 0.2) is 6.10 Å². The summed E-state index contributed by atoms with van der Waals surface area (Å²) >= 11 is 5.74. The number of anilines is 1. The van der Waals surface area contributed by atoms with Gasteiger partial charge in [-0.25, -0.2) is 4.79 Å². The van der Waals surface area contributed by atoms with Crippen LogP contribution in [0.4, 0.5) is 5.69 Å². The summed E-state index contributed by atoms with van der Waals surface area (Å²) in [7, 11) is 0. The molecule has 0 saturated heterocycles. The van der Waals surface area contributed by atoms with Crippen molar-refractivity contribution in [1.29, 1.82) is 5.26 Å². The Balaban J connectivity index is 2.89. The highest BCUT2D eigenvalue weighted by Gasteiger charge is 2.16. The fourth-order valence-electron chi connectivity index (χ4n) is 1.10. The molecule has 1 aromatic rings. The Hall–Kier alpha value is -1.73. The molecule has 0 aromatic heterocycles. The zero-order valence-corrected chi connectivity index (χ0v) is 9.49. The van der Waals surface area contributed by atoms with Crippen molar-refractivity contribution in [3.8, 4) is 6.07 Å². The molecule has 0 bridgehead atoms. The van der Waals surface area contributed by atoms with E-state index in [2.05, 4.69) is 0 Å². The summed E-state index contributed by atoms with van der Waals surface area (Å²) in [5, 5.41) is 9.06. The van der Waals surface area contributed by atoms with Crippen molar-refractivity contribution in [2.75, 3.05) is 5.73 Å². The van der Waals surface area contributed by atoms with Gasteiger partial charge in [0, 0.05) is 10.7 Å². The predicted molar refractivity (Wildman–Crippen MR) is 61.0 cm³/mol. The summed E-state index contributed by atoms with van der Waals surface area (Å²) in [5.74, 6) is -0.631. The Kier molecular flexibility index (Phi) is 4.15. The zero-order valence-electron chi connectivity index (χ0n) is 8.74. The van der Waals surface area contributed by atoms with Crippen LogP contribution in [0.1, 0.15) is 23.7 Å². The van der Waals surface area contributed by atoms with Gasteiger partial charge in [0.05, 0.1) is 5.56 Å². The number of nitriles is 1. The maximum absolute atomic E-state index is 11.6. The van der Waals surface area contributed by atoms with Crippen molar-refractivity contribution in [2.24, 2.45) is 0 Å². The molecule has 1 aromatic carbocycles. The van der Waals surface area contributed by atoms with E-state index in [-0.39, 0.29) is 11.3 Å². The number of rotatable bonds is 3. The molecule has 0 amide bonds. The minimum Gasteiger partial charge on any atom is -0.443 e. The van der Waals surface area contributed by atoms with Crippen LogP contribution in [0.5, 0.6) is 0 Å². The van der Waals surface area contributed by atoms with Crippen LogP contribution in [0.3, 0.4) is 0 Å². The minimum atomic E-state index is -0.758. The normalized spacial score (nSPS) is 11.6. The first kappa shape index (κ1) is 12.3. The number of esters is 1. The van der Waals surface area contributed by atoms with Crippen molar-refractivity contribution in [1.82, 2.24) is 0 Å². The molecule has 84 valence electrons. The van der Waals surface area contributed by atoms with Crippen molar-refractivity contribution in [3.63, 3.8) is 0 Å². The molecule has 0 aliphatic carbocycles. The molecule has 1 atom stereocenters. The number of carbonyl (C=O) groups is 1. The van der Waals surface area contributed by atoms with Crippen molar-refractivity contribution in [3.05, 3.63) is 28.8 Å². The van der Waals surface area contributed by atoms with Gasteiger partial charge in [-0.15, -0.1) is 0 Å². The lowest BCUT2D eigenvalue weighted by Gasteiger charge is -2.10. The Bertz CT molecular complexity index is 440. The highest BCUT2D eigenvalue weighted by atomic mass is 35.5. The first-order chi connectivity index (χ1) is 7.58. The molecule has 16 heavy (non-hydrogen) atoms. The fourth-order valence-corrected chi connectivity index (χ4v) is 1.27. The SMILES string of the molecule is CCC(C#N)OC(=O)c1cc(Cl)ccc1N. The van der Waals surface area contributed by atoms with Crippen LogP contribution < -0.4 is 5.73 Å². The summed E-state index contributed by atoms with van der Waals surface area (Å²) < 4.78 is 4.93. The lowest BCUT2D eigenvalue weighted by Crippen LogP contribution is -2.16. The third kappa shape index (κ3) is 2.88. The van der Waals surface area contributed by atoms with Crippen LogP contribution >= 0.6 is 11.6 Å². The van der Waals surface area contributed by atoms with Gasteiger partial charge in [0.1, 0.15) is 6.07 Å². The van der Waals surface area contributed by atoms with E-state index in [9.17, 15) is 4.79 Å². The molecule has 0 aliphatic heterocycles. The Morgan fingerprint density at radius 3 is 2.94 bits per heavy atom. The quantitative estimate of drug-likeness (QED) is 0.648.